The van der Waals surface area contributed by atoms with Crippen LogP contribution in [0.25, 0.3) is 21.3 Å². The van der Waals surface area contributed by atoms with E-state index in [-0.39, 0.29) is 23.9 Å². The Morgan fingerprint density at radius 1 is 1.18 bits per heavy atom. The minimum atomic E-state index is -0.376. The molecule has 2 N–H and O–H groups in total. The second kappa shape index (κ2) is 10.2. The van der Waals surface area contributed by atoms with Gasteiger partial charge in [-0.05, 0) is 48.7 Å². The Labute approximate surface area is 233 Å². The lowest BCUT2D eigenvalue weighted by Crippen LogP contribution is -2.49. The van der Waals surface area contributed by atoms with E-state index in [1.54, 1.807) is 22.1 Å². The van der Waals surface area contributed by atoms with Gasteiger partial charge in [-0.25, -0.2) is 9.78 Å². The van der Waals surface area contributed by atoms with Crippen LogP contribution in [0, 0.1) is 0 Å². The maximum Gasteiger partial charge on any atom is 0.331 e. The molecule has 2 aromatic carbocycles. The van der Waals surface area contributed by atoms with Crippen molar-refractivity contribution in [3.63, 3.8) is 0 Å². The van der Waals surface area contributed by atoms with Crippen molar-refractivity contribution in [2.24, 2.45) is 0 Å². The number of likely N-dealkylation sites (tertiary alicyclic amines) is 1. The summed E-state index contributed by atoms with van der Waals surface area (Å²) in [5.74, 6) is -0.447. The van der Waals surface area contributed by atoms with Crippen molar-refractivity contribution in [2.75, 3.05) is 23.3 Å². The molecule has 1 saturated heterocycles. The fraction of sp³-hybridized carbons (Fsp3) is 0.172. The van der Waals surface area contributed by atoms with Crippen molar-refractivity contribution >= 4 is 68.1 Å². The molecule has 39 heavy (non-hydrogen) atoms. The number of urea groups is 1. The number of hydrogen-bond acceptors (Lipinski definition) is 5. The van der Waals surface area contributed by atoms with Crippen molar-refractivity contribution in [3.05, 3.63) is 83.3 Å². The van der Waals surface area contributed by atoms with Crippen molar-refractivity contribution in [2.45, 2.75) is 18.9 Å². The second-order valence-electron chi connectivity index (χ2n) is 9.41. The number of benzene rings is 2. The summed E-state index contributed by atoms with van der Waals surface area (Å²) in [5.41, 5.74) is 3.50. The highest BCUT2D eigenvalue weighted by Gasteiger charge is 2.34. The van der Waals surface area contributed by atoms with E-state index in [4.69, 9.17) is 11.6 Å². The largest absolute Gasteiger partial charge is 0.347 e. The Morgan fingerprint density at radius 2 is 2.03 bits per heavy atom. The number of aromatic nitrogens is 1. The number of nitrogens with one attached hydrogen (secondary N) is 2. The Hall–Kier alpha value is -4.21. The van der Waals surface area contributed by atoms with Gasteiger partial charge < -0.3 is 15.5 Å². The molecule has 2 aliphatic heterocycles. The molecule has 6 rings (SSSR count). The summed E-state index contributed by atoms with van der Waals surface area (Å²) < 4.78 is 0. The number of piperidine rings is 1. The first kappa shape index (κ1) is 25.1. The number of nitrogens with zero attached hydrogens (tertiary/aromatic N) is 3. The van der Waals surface area contributed by atoms with Crippen LogP contribution < -0.4 is 15.5 Å². The number of pyridine rings is 1. The molecule has 10 heteroatoms. The van der Waals surface area contributed by atoms with Crippen LogP contribution in [0.3, 0.4) is 0 Å². The second-order valence-corrected chi connectivity index (χ2v) is 10.8. The van der Waals surface area contributed by atoms with Gasteiger partial charge in [-0.15, -0.1) is 11.3 Å². The third kappa shape index (κ3) is 4.53. The van der Waals surface area contributed by atoms with E-state index in [0.717, 1.165) is 24.0 Å². The summed E-state index contributed by atoms with van der Waals surface area (Å²) in [6.07, 6.45) is 4.48. The number of amides is 4. The average molecular weight is 558 g/mol. The molecule has 1 fully saturated rings. The van der Waals surface area contributed by atoms with Crippen LogP contribution in [0.5, 0.6) is 0 Å². The number of anilines is 3. The predicted molar refractivity (Wildman–Crippen MR) is 155 cm³/mol. The monoisotopic (exact) mass is 557 g/mol. The fourth-order valence-electron chi connectivity index (χ4n) is 5.18. The van der Waals surface area contributed by atoms with Gasteiger partial charge in [0.1, 0.15) is 9.71 Å². The molecule has 0 aliphatic carbocycles. The van der Waals surface area contributed by atoms with E-state index >= 15 is 0 Å². The van der Waals surface area contributed by atoms with Crippen LogP contribution in [0.4, 0.5) is 21.9 Å². The highest BCUT2D eigenvalue weighted by Crippen LogP contribution is 2.46. The molecular weight excluding hydrogens is 534 g/mol. The van der Waals surface area contributed by atoms with Gasteiger partial charge in [0.2, 0.25) is 5.91 Å². The van der Waals surface area contributed by atoms with Gasteiger partial charge in [-0.1, -0.05) is 48.5 Å². The average Bonchev–Trinajstić information content (AvgIpc) is 3.32. The SMILES string of the molecule is C=CC(=O)N1CCC[C@@H](NC(=O)c2sc3nccc4c3c2NC(=O)N4c2cccc(-c3ccccc3Cl)c2)C1. The topological polar surface area (TPSA) is 94.6 Å². The Bertz CT molecular complexity index is 1650. The molecule has 196 valence electrons. The maximum absolute atomic E-state index is 13.5. The first-order valence-electron chi connectivity index (χ1n) is 12.5. The van der Waals surface area contributed by atoms with Crippen LogP contribution in [0.2, 0.25) is 5.02 Å². The summed E-state index contributed by atoms with van der Waals surface area (Å²) in [7, 11) is 0. The zero-order chi connectivity index (χ0) is 27.1. The lowest BCUT2D eigenvalue weighted by molar-refractivity contribution is -0.127. The predicted octanol–water partition coefficient (Wildman–Crippen LogP) is 6.21. The van der Waals surface area contributed by atoms with Crippen molar-refractivity contribution < 1.29 is 14.4 Å². The van der Waals surface area contributed by atoms with Crippen molar-refractivity contribution in [1.82, 2.24) is 15.2 Å². The lowest BCUT2D eigenvalue weighted by Gasteiger charge is -2.32. The van der Waals surface area contributed by atoms with Crippen molar-refractivity contribution in [1.29, 1.82) is 0 Å². The number of carbonyl (C=O) groups is 3. The van der Waals surface area contributed by atoms with Gasteiger partial charge in [0.25, 0.3) is 5.91 Å². The summed E-state index contributed by atoms with van der Waals surface area (Å²) >= 11 is 7.66. The van der Waals surface area contributed by atoms with Gasteiger partial charge in [0, 0.05) is 35.9 Å². The van der Waals surface area contributed by atoms with E-state index in [9.17, 15) is 14.4 Å². The number of thiophene rings is 1. The Morgan fingerprint density at radius 3 is 2.85 bits per heavy atom. The molecule has 0 unspecified atom stereocenters. The quantitative estimate of drug-likeness (QED) is 0.285. The highest BCUT2D eigenvalue weighted by atomic mass is 35.5. The molecule has 0 radical (unpaired) electrons. The maximum atomic E-state index is 13.5. The zero-order valence-corrected chi connectivity index (χ0v) is 22.4. The van der Waals surface area contributed by atoms with E-state index in [2.05, 4.69) is 22.2 Å². The summed E-state index contributed by atoms with van der Waals surface area (Å²) in [6.45, 7) is 4.62. The minimum Gasteiger partial charge on any atom is -0.347 e. The molecule has 2 aromatic heterocycles. The third-order valence-corrected chi connectivity index (χ3v) is 8.41. The first-order valence-corrected chi connectivity index (χ1v) is 13.7. The van der Waals surface area contributed by atoms with Gasteiger partial charge in [0.15, 0.2) is 0 Å². The van der Waals surface area contributed by atoms with Gasteiger partial charge in [-0.3, -0.25) is 14.5 Å². The Kier molecular flexibility index (Phi) is 6.54. The van der Waals surface area contributed by atoms with Crippen LogP contribution in [-0.2, 0) is 4.79 Å². The smallest absolute Gasteiger partial charge is 0.331 e. The van der Waals surface area contributed by atoms with E-state index in [1.165, 1.54) is 17.4 Å². The van der Waals surface area contributed by atoms with E-state index < -0.39 is 0 Å². The standard InChI is InChI=1S/C29H24ClN5O3S/c1-2-23(36)34-14-6-8-18(16-34)32-27(37)26-25-24-22(12-13-31-28(24)39-26)35(29(38)33-25)19-9-5-7-17(15-19)20-10-3-4-11-21(20)30/h2-5,7,9-13,15,18H,1,6,8,14,16H2,(H,32,37)(H,33,38)/t18-/m1/s1. The molecule has 2 aliphatic rings. The highest BCUT2D eigenvalue weighted by molar-refractivity contribution is 7.21. The number of rotatable bonds is 5. The fourth-order valence-corrected chi connectivity index (χ4v) is 6.45. The van der Waals surface area contributed by atoms with Gasteiger partial charge in [-0.2, -0.15) is 0 Å². The van der Waals surface area contributed by atoms with Crippen LogP contribution in [-0.4, -0.2) is 46.9 Å². The summed E-state index contributed by atoms with van der Waals surface area (Å²) in [4.78, 5) is 47.8. The lowest BCUT2D eigenvalue weighted by atomic mass is 10.0. The number of halogens is 1. The molecule has 0 spiro atoms. The summed E-state index contributed by atoms with van der Waals surface area (Å²) in [5, 5.41) is 7.32. The Balaban J connectivity index is 1.34. The number of hydrogen-bond donors (Lipinski definition) is 2. The number of carbonyl (C=O) groups excluding carboxylic acids is 3. The van der Waals surface area contributed by atoms with Gasteiger partial charge >= 0.3 is 6.03 Å². The van der Waals surface area contributed by atoms with Crippen LogP contribution in [0.15, 0.2) is 73.4 Å². The molecule has 1 atom stereocenters. The van der Waals surface area contributed by atoms with E-state index in [0.29, 0.717) is 50.3 Å². The normalized spacial score (nSPS) is 16.6. The molecule has 4 amide bonds. The van der Waals surface area contributed by atoms with Gasteiger partial charge in [0.05, 0.1) is 22.4 Å². The molecule has 4 heterocycles. The first-order chi connectivity index (χ1) is 18.9. The minimum absolute atomic E-state index is 0.147. The third-order valence-electron chi connectivity index (χ3n) is 6.98. The molecule has 0 bridgehead atoms. The summed E-state index contributed by atoms with van der Waals surface area (Å²) in [6, 6.07) is 16.4. The molecule has 0 saturated carbocycles. The zero-order valence-electron chi connectivity index (χ0n) is 20.8. The van der Waals surface area contributed by atoms with Crippen LogP contribution >= 0.6 is 22.9 Å². The van der Waals surface area contributed by atoms with Crippen LogP contribution in [0.1, 0.15) is 22.5 Å². The molecule has 8 nitrogen and oxygen atoms in total. The molecule has 4 aromatic rings. The molecular formula is C29H24ClN5O3S. The van der Waals surface area contributed by atoms with E-state index in [1.807, 2.05) is 48.5 Å². The van der Waals surface area contributed by atoms with Crippen molar-refractivity contribution in [3.8, 4) is 11.1 Å².